The summed E-state index contributed by atoms with van der Waals surface area (Å²) in [7, 11) is 1.28. The van der Waals surface area contributed by atoms with Crippen molar-refractivity contribution in [2.45, 2.75) is 6.92 Å². The van der Waals surface area contributed by atoms with Gasteiger partial charge in [0.2, 0.25) is 5.78 Å². The minimum absolute atomic E-state index is 0.114. The number of carbonyl (C=O) groups excluding carboxylic acids is 2. The van der Waals surface area contributed by atoms with Gasteiger partial charge in [-0.2, -0.15) is 0 Å². The topological polar surface area (TPSA) is 61.8 Å². The van der Waals surface area contributed by atoms with Gasteiger partial charge in [0.25, 0.3) is 0 Å². The highest BCUT2D eigenvalue weighted by atomic mass is 35.5. The van der Waals surface area contributed by atoms with Crippen molar-refractivity contribution in [1.82, 2.24) is 0 Å². The number of halogens is 2. The van der Waals surface area contributed by atoms with Crippen LogP contribution in [0.25, 0.3) is 6.08 Å². The van der Waals surface area contributed by atoms with Gasteiger partial charge in [-0.1, -0.05) is 29.3 Å². The molecule has 0 spiro atoms. The first-order valence-electron chi connectivity index (χ1n) is 7.64. The van der Waals surface area contributed by atoms with E-state index >= 15 is 0 Å². The van der Waals surface area contributed by atoms with Gasteiger partial charge >= 0.3 is 5.97 Å². The van der Waals surface area contributed by atoms with Crippen molar-refractivity contribution in [1.29, 1.82) is 0 Å². The third kappa shape index (κ3) is 3.41. The Kier molecular flexibility index (Phi) is 5.20. The monoisotopic (exact) mass is 392 g/mol. The van der Waals surface area contributed by atoms with E-state index in [0.29, 0.717) is 38.2 Å². The largest absolute Gasteiger partial charge is 0.481 e. The molecule has 0 aliphatic carbocycles. The van der Waals surface area contributed by atoms with Gasteiger partial charge in [0.05, 0.1) is 12.7 Å². The van der Waals surface area contributed by atoms with Crippen molar-refractivity contribution in [2.24, 2.45) is 0 Å². The first kappa shape index (κ1) is 18.3. The van der Waals surface area contributed by atoms with Gasteiger partial charge in [0, 0.05) is 21.2 Å². The third-order valence-corrected chi connectivity index (χ3v) is 4.54. The van der Waals surface area contributed by atoms with E-state index in [0.717, 1.165) is 0 Å². The van der Waals surface area contributed by atoms with E-state index in [1.807, 2.05) is 0 Å². The van der Waals surface area contributed by atoms with Crippen molar-refractivity contribution in [3.63, 3.8) is 0 Å². The number of ether oxygens (including phenoxy) is 3. The van der Waals surface area contributed by atoms with Gasteiger partial charge in [0.15, 0.2) is 12.4 Å². The smallest absolute Gasteiger partial charge is 0.343 e. The summed E-state index contributed by atoms with van der Waals surface area (Å²) < 4.78 is 15.7. The van der Waals surface area contributed by atoms with Crippen LogP contribution in [0.1, 0.15) is 21.5 Å². The molecule has 2 aromatic carbocycles. The molecule has 1 heterocycles. The Bertz CT molecular complexity index is 914. The number of hydrogen-bond acceptors (Lipinski definition) is 5. The first-order chi connectivity index (χ1) is 12.4. The number of esters is 1. The predicted molar refractivity (Wildman–Crippen MR) is 98.1 cm³/mol. The van der Waals surface area contributed by atoms with Crippen molar-refractivity contribution in [3.05, 3.63) is 62.8 Å². The van der Waals surface area contributed by atoms with Gasteiger partial charge in [-0.15, -0.1) is 0 Å². The van der Waals surface area contributed by atoms with Crippen LogP contribution in [0.2, 0.25) is 10.0 Å². The van der Waals surface area contributed by atoms with Crippen LogP contribution in [0.4, 0.5) is 0 Å². The number of Topliss-reactive ketones (excluding diaryl/α,β-unsaturated/α-hetero) is 1. The molecule has 0 unspecified atom stereocenters. The second-order valence-electron chi connectivity index (χ2n) is 5.51. The number of allylic oxidation sites excluding steroid dienone is 1. The van der Waals surface area contributed by atoms with Gasteiger partial charge in [-0.3, -0.25) is 4.79 Å². The van der Waals surface area contributed by atoms with Crippen molar-refractivity contribution in [3.8, 4) is 11.5 Å². The summed E-state index contributed by atoms with van der Waals surface area (Å²) >= 11 is 12.3. The molecule has 0 saturated carbocycles. The maximum absolute atomic E-state index is 12.6. The van der Waals surface area contributed by atoms with Gasteiger partial charge < -0.3 is 14.2 Å². The Balaban J connectivity index is 1.93. The Labute approximate surface area is 160 Å². The van der Waals surface area contributed by atoms with Crippen LogP contribution < -0.4 is 9.47 Å². The highest BCUT2D eigenvalue weighted by Gasteiger charge is 2.30. The molecule has 0 aromatic heterocycles. The number of hydrogen-bond donors (Lipinski definition) is 0. The zero-order chi connectivity index (χ0) is 18.8. The van der Waals surface area contributed by atoms with Crippen LogP contribution in [-0.4, -0.2) is 25.5 Å². The number of carbonyl (C=O) groups is 2. The van der Waals surface area contributed by atoms with Crippen LogP contribution in [0.5, 0.6) is 11.5 Å². The molecule has 0 bridgehead atoms. The first-order valence-corrected chi connectivity index (χ1v) is 8.39. The molecule has 7 heteroatoms. The Morgan fingerprint density at radius 2 is 1.88 bits per heavy atom. The highest BCUT2D eigenvalue weighted by molar-refractivity contribution is 6.37. The minimum atomic E-state index is -0.504. The molecule has 0 fully saturated rings. The molecule has 5 nitrogen and oxygen atoms in total. The number of benzene rings is 2. The lowest BCUT2D eigenvalue weighted by atomic mass is 10.1. The average Bonchev–Trinajstić information content (AvgIpc) is 2.94. The fraction of sp³-hybridized carbons (Fsp3) is 0.158. The molecule has 0 amide bonds. The fourth-order valence-electron chi connectivity index (χ4n) is 2.50. The summed E-state index contributed by atoms with van der Waals surface area (Å²) in [6.45, 7) is 1.51. The highest BCUT2D eigenvalue weighted by Crippen LogP contribution is 2.40. The SMILES string of the molecule is COC(=O)COc1ccc2c(c1C)O/C(=C\c1c(Cl)cccc1Cl)C2=O. The summed E-state index contributed by atoms with van der Waals surface area (Å²) in [6.07, 6.45) is 1.52. The summed E-state index contributed by atoms with van der Waals surface area (Å²) in [5.74, 6) is 0.142. The molecule has 26 heavy (non-hydrogen) atoms. The molecule has 1 aliphatic rings. The second kappa shape index (κ2) is 7.40. The Morgan fingerprint density at radius 1 is 1.19 bits per heavy atom. The van der Waals surface area contributed by atoms with Crippen molar-refractivity contribution >= 4 is 41.0 Å². The van der Waals surface area contributed by atoms with Crippen molar-refractivity contribution in [2.75, 3.05) is 13.7 Å². The number of rotatable bonds is 4. The van der Waals surface area contributed by atoms with Gasteiger partial charge in [-0.25, -0.2) is 4.79 Å². The maximum atomic E-state index is 12.6. The van der Waals surface area contributed by atoms with E-state index < -0.39 is 5.97 Å². The third-order valence-electron chi connectivity index (χ3n) is 3.88. The lowest BCUT2D eigenvalue weighted by molar-refractivity contribution is -0.142. The Hall–Kier alpha value is -2.50. The average molecular weight is 393 g/mol. The Morgan fingerprint density at radius 3 is 2.54 bits per heavy atom. The van der Waals surface area contributed by atoms with E-state index in [-0.39, 0.29) is 18.1 Å². The van der Waals surface area contributed by atoms with E-state index in [4.69, 9.17) is 32.7 Å². The quantitative estimate of drug-likeness (QED) is 0.567. The summed E-state index contributed by atoms with van der Waals surface area (Å²) in [4.78, 5) is 23.8. The number of ketones is 1. The van der Waals surface area contributed by atoms with Crippen LogP contribution in [0.15, 0.2) is 36.1 Å². The van der Waals surface area contributed by atoms with E-state index in [1.165, 1.54) is 13.2 Å². The molecular weight excluding hydrogens is 379 g/mol. The molecule has 0 atom stereocenters. The molecule has 1 aliphatic heterocycles. The summed E-state index contributed by atoms with van der Waals surface area (Å²) in [5, 5.41) is 0.826. The second-order valence-corrected chi connectivity index (χ2v) is 6.32. The zero-order valence-corrected chi connectivity index (χ0v) is 15.5. The van der Waals surface area contributed by atoms with E-state index in [1.54, 1.807) is 37.3 Å². The summed E-state index contributed by atoms with van der Waals surface area (Å²) in [6, 6.07) is 8.27. The fourth-order valence-corrected chi connectivity index (χ4v) is 3.01. The van der Waals surface area contributed by atoms with Gasteiger partial charge in [-0.05, 0) is 37.3 Å². The van der Waals surface area contributed by atoms with E-state index in [9.17, 15) is 9.59 Å². The molecule has 3 rings (SSSR count). The van der Waals surface area contributed by atoms with Crippen LogP contribution in [0, 0.1) is 6.92 Å². The lowest BCUT2D eigenvalue weighted by Crippen LogP contribution is -2.13. The number of methoxy groups -OCH3 is 1. The van der Waals surface area contributed by atoms with Crippen LogP contribution >= 0.6 is 23.2 Å². The normalized spacial score (nSPS) is 14.2. The van der Waals surface area contributed by atoms with E-state index in [2.05, 4.69) is 4.74 Å². The molecule has 0 radical (unpaired) electrons. The molecule has 0 saturated heterocycles. The minimum Gasteiger partial charge on any atom is -0.481 e. The predicted octanol–water partition coefficient (Wildman–Crippen LogP) is 4.47. The van der Waals surface area contributed by atoms with Crippen molar-refractivity contribution < 1.29 is 23.8 Å². The number of fused-ring (bicyclic) bond motifs is 1. The molecule has 134 valence electrons. The molecule has 0 N–H and O–H groups in total. The molecular formula is C19H14Cl2O5. The van der Waals surface area contributed by atoms with Crippen LogP contribution in [-0.2, 0) is 9.53 Å². The summed E-state index contributed by atoms with van der Waals surface area (Å²) in [5.41, 5.74) is 1.52. The standard InChI is InChI=1S/C19H14Cl2O5/c1-10-15(25-9-17(22)24-2)7-6-11-18(23)16(26-19(10)11)8-12-13(20)4-3-5-14(12)21/h3-8H,9H2,1-2H3/b16-8-. The van der Waals surface area contributed by atoms with Crippen LogP contribution in [0.3, 0.4) is 0 Å². The lowest BCUT2D eigenvalue weighted by Gasteiger charge is -2.10. The maximum Gasteiger partial charge on any atom is 0.343 e. The zero-order valence-electron chi connectivity index (χ0n) is 14.0. The molecule has 2 aromatic rings. The van der Waals surface area contributed by atoms with Gasteiger partial charge in [0.1, 0.15) is 11.5 Å².